The molecule has 0 radical (unpaired) electrons. The Morgan fingerprint density at radius 1 is 0.679 bits per heavy atom. The summed E-state index contributed by atoms with van der Waals surface area (Å²) in [6.07, 6.45) is -11.2. The average molecular weight is 467 g/mol. The van der Waals surface area contributed by atoms with Gasteiger partial charge in [-0.05, 0) is 6.42 Å². The first-order valence-electron chi connectivity index (χ1n) is 6.57. The zero-order chi connectivity index (χ0) is 23.0. The lowest BCUT2D eigenvalue weighted by Crippen LogP contribution is -2.70. The van der Waals surface area contributed by atoms with Gasteiger partial charge < -0.3 is 9.90 Å². The van der Waals surface area contributed by atoms with Gasteiger partial charge >= 0.3 is 35.8 Å². The number of alkyl halides is 13. The SMILES string of the molecule is O=C([O-])CCS(=O)CCC(F)(F)C(F)(F)C(F)(F)C(F)(F)C(F)(F)C(F)(F)F. The Morgan fingerprint density at radius 2 is 1.07 bits per heavy atom. The number of carbonyl (C=O) groups is 1. The van der Waals surface area contributed by atoms with Crippen LogP contribution in [0, 0.1) is 0 Å². The van der Waals surface area contributed by atoms with E-state index in [1.807, 2.05) is 0 Å². The molecule has 168 valence electrons. The van der Waals surface area contributed by atoms with Crippen molar-refractivity contribution in [1.82, 2.24) is 0 Å². The molecule has 17 heteroatoms. The third kappa shape index (κ3) is 4.64. The van der Waals surface area contributed by atoms with Crippen molar-refractivity contribution in [3.63, 3.8) is 0 Å². The highest BCUT2D eigenvalue weighted by Gasteiger charge is 2.90. The average Bonchev–Trinajstić information content (AvgIpc) is 2.48. The second-order valence-electron chi connectivity index (χ2n) is 5.22. The van der Waals surface area contributed by atoms with Crippen molar-refractivity contribution in [3.05, 3.63) is 0 Å². The maximum Gasteiger partial charge on any atom is 0.460 e. The Labute approximate surface area is 149 Å². The number of aliphatic carboxylic acids is 1. The van der Waals surface area contributed by atoms with Crippen LogP contribution in [0.4, 0.5) is 57.1 Å². The van der Waals surface area contributed by atoms with Gasteiger partial charge in [0.15, 0.2) is 0 Å². The van der Waals surface area contributed by atoms with Gasteiger partial charge in [0.2, 0.25) is 0 Å². The van der Waals surface area contributed by atoms with Gasteiger partial charge in [-0.15, -0.1) is 0 Å². The van der Waals surface area contributed by atoms with Crippen molar-refractivity contribution >= 4 is 16.8 Å². The lowest BCUT2D eigenvalue weighted by atomic mass is 9.93. The van der Waals surface area contributed by atoms with E-state index in [9.17, 15) is 71.2 Å². The van der Waals surface area contributed by atoms with E-state index in [4.69, 9.17) is 0 Å². The van der Waals surface area contributed by atoms with Gasteiger partial charge in [0.25, 0.3) is 0 Å². The molecule has 0 spiro atoms. The van der Waals surface area contributed by atoms with Crippen LogP contribution in [0.5, 0.6) is 0 Å². The number of carboxylic acid groups (broad SMARTS) is 1. The van der Waals surface area contributed by atoms with Crippen LogP contribution in [0.1, 0.15) is 12.8 Å². The quantitative estimate of drug-likeness (QED) is 0.465. The Morgan fingerprint density at radius 3 is 1.43 bits per heavy atom. The lowest BCUT2D eigenvalue weighted by molar-refractivity contribution is -0.439. The fraction of sp³-hybridized carbons (Fsp3) is 0.909. The minimum absolute atomic E-state index is 0.997. The van der Waals surface area contributed by atoms with Gasteiger partial charge in [0.1, 0.15) is 0 Å². The van der Waals surface area contributed by atoms with Gasteiger partial charge in [0.05, 0.1) is 0 Å². The minimum atomic E-state index is -7.99. The summed E-state index contributed by atoms with van der Waals surface area (Å²) in [4.78, 5) is 10.0. The van der Waals surface area contributed by atoms with Gasteiger partial charge in [0, 0.05) is 34.7 Å². The highest BCUT2D eigenvalue weighted by molar-refractivity contribution is 7.84. The molecule has 0 aliphatic carbocycles. The standard InChI is InChI=1S/C11H9F13O3S/c12-6(13,2-4-28(27)3-1-5(25)26)7(14,15)8(16,17)9(18,19)10(20,21)11(22,23)24/h1-4H2,(H,25,26)/p-1. The van der Waals surface area contributed by atoms with E-state index in [1.54, 1.807) is 0 Å². The van der Waals surface area contributed by atoms with Gasteiger partial charge in [-0.3, -0.25) is 4.21 Å². The molecule has 0 fully saturated rings. The molecule has 0 heterocycles. The summed E-state index contributed by atoms with van der Waals surface area (Å²) < 4.78 is 177. The van der Waals surface area contributed by atoms with Crippen LogP contribution in [-0.4, -0.2) is 57.5 Å². The van der Waals surface area contributed by atoms with Gasteiger partial charge in [-0.25, -0.2) is 0 Å². The van der Waals surface area contributed by atoms with E-state index < -0.39 is 76.9 Å². The van der Waals surface area contributed by atoms with Crippen molar-refractivity contribution in [2.24, 2.45) is 0 Å². The number of halogens is 13. The Bertz CT molecular complexity index is 599. The molecule has 0 bridgehead atoms. The van der Waals surface area contributed by atoms with Crippen LogP contribution in [0.2, 0.25) is 0 Å². The Hall–Kier alpha value is -1.29. The van der Waals surface area contributed by atoms with Crippen molar-refractivity contribution in [3.8, 4) is 0 Å². The predicted molar refractivity (Wildman–Crippen MR) is 62.9 cm³/mol. The molecule has 0 N–H and O–H groups in total. The van der Waals surface area contributed by atoms with Crippen LogP contribution in [0.25, 0.3) is 0 Å². The van der Waals surface area contributed by atoms with Gasteiger partial charge in [-0.2, -0.15) is 57.1 Å². The molecule has 0 rings (SSSR count). The number of rotatable bonds is 10. The first-order chi connectivity index (χ1) is 12.1. The summed E-state index contributed by atoms with van der Waals surface area (Å²) >= 11 is 0. The third-order valence-electron chi connectivity index (χ3n) is 3.18. The third-order valence-corrected chi connectivity index (χ3v) is 4.49. The highest BCUT2D eigenvalue weighted by atomic mass is 32.2. The van der Waals surface area contributed by atoms with E-state index in [1.165, 1.54) is 0 Å². The van der Waals surface area contributed by atoms with Crippen LogP contribution in [0.15, 0.2) is 0 Å². The van der Waals surface area contributed by atoms with Crippen LogP contribution >= 0.6 is 0 Å². The molecule has 0 saturated carbocycles. The summed E-state index contributed by atoms with van der Waals surface area (Å²) in [5.41, 5.74) is 0. The molecule has 0 aromatic carbocycles. The molecule has 3 nitrogen and oxygen atoms in total. The first-order valence-corrected chi connectivity index (χ1v) is 8.05. The summed E-state index contributed by atoms with van der Waals surface area (Å²) in [5.74, 6) is -42.0. The Kier molecular flexibility index (Phi) is 7.49. The van der Waals surface area contributed by atoms with Crippen LogP contribution < -0.4 is 5.11 Å². The number of hydrogen-bond donors (Lipinski definition) is 0. The molecule has 1 unspecified atom stereocenters. The number of carboxylic acids is 1. The molecule has 0 aliphatic rings. The Balaban J connectivity index is 5.74. The fourth-order valence-electron chi connectivity index (χ4n) is 1.50. The molecule has 0 aromatic heterocycles. The highest BCUT2D eigenvalue weighted by Crippen LogP contribution is 2.60. The monoisotopic (exact) mass is 467 g/mol. The predicted octanol–water partition coefficient (Wildman–Crippen LogP) is 3.00. The maximum absolute atomic E-state index is 13.3. The van der Waals surface area contributed by atoms with Crippen molar-refractivity contribution in [2.45, 2.75) is 48.6 Å². The largest absolute Gasteiger partial charge is 0.550 e. The van der Waals surface area contributed by atoms with Crippen molar-refractivity contribution in [1.29, 1.82) is 0 Å². The smallest absolute Gasteiger partial charge is 0.460 e. The van der Waals surface area contributed by atoms with Crippen LogP contribution in [-0.2, 0) is 15.6 Å². The summed E-state index contributed by atoms with van der Waals surface area (Å²) in [5, 5.41) is 10.0. The maximum atomic E-state index is 13.3. The van der Waals surface area contributed by atoms with E-state index in [2.05, 4.69) is 0 Å². The molecule has 28 heavy (non-hydrogen) atoms. The topological polar surface area (TPSA) is 57.2 Å². The van der Waals surface area contributed by atoms with E-state index >= 15 is 0 Å². The lowest BCUT2D eigenvalue weighted by Gasteiger charge is -2.39. The van der Waals surface area contributed by atoms with Crippen molar-refractivity contribution in [2.75, 3.05) is 11.5 Å². The minimum Gasteiger partial charge on any atom is -0.550 e. The van der Waals surface area contributed by atoms with E-state index in [-0.39, 0.29) is 0 Å². The van der Waals surface area contributed by atoms with E-state index in [0.717, 1.165) is 0 Å². The summed E-state index contributed by atoms with van der Waals surface area (Å²) in [7, 11) is -2.70. The molecular weight excluding hydrogens is 459 g/mol. The molecular formula is C11H8F13O3S-. The second-order valence-corrected chi connectivity index (χ2v) is 6.92. The summed E-state index contributed by atoms with van der Waals surface area (Å²) in [6, 6.07) is 0. The zero-order valence-electron chi connectivity index (χ0n) is 12.9. The van der Waals surface area contributed by atoms with E-state index in [0.29, 0.717) is 0 Å². The molecule has 0 saturated heterocycles. The van der Waals surface area contributed by atoms with Crippen molar-refractivity contribution < 1.29 is 71.2 Å². The molecule has 0 amide bonds. The second kappa shape index (κ2) is 7.85. The fourth-order valence-corrected chi connectivity index (χ4v) is 2.58. The number of hydrogen-bond acceptors (Lipinski definition) is 3. The number of carbonyl (C=O) groups excluding carboxylic acids is 1. The molecule has 0 aromatic rings. The van der Waals surface area contributed by atoms with Gasteiger partial charge in [-0.1, -0.05) is 0 Å². The van der Waals surface area contributed by atoms with Crippen LogP contribution in [0.3, 0.4) is 0 Å². The molecule has 0 aliphatic heterocycles. The zero-order valence-corrected chi connectivity index (χ0v) is 13.7. The summed E-state index contributed by atoms with van der Waals surface area (Å²) in [6.45, 7) is 0. The normalized spacial score (nSPS) is 16.2. The first kappa shape index (κ1) is 26.7. The molecule has 1 atom stereocenters.